The summed E-state index contributed by atoms with van der Waals surface area (Å²) in [4.78, 5) is 28.3. The average molecular weight is 381 g/mol. The van der Waals surface area contributed by atoms with Gasteiger partial charge in [-0.2, -0.15) is 0 Å². The fraction of sp³-hybridized carbons (Fsp3) is 0.368. The quantitative estimate of drug-likeness (QED) is 0.718. The number of aryl methyl sites for hydroxylation is 1. The fourth-order valence-electron chi connectivity index (χ4n) is 3.89. The first-order chi connectivity index (χ1) is 13.5. The van der Waals surface area contributed by atoms with Crippen LogP contribution in [0.1, 0.15) is 28.4 Å². The van der Waals surface area contributed by atoms with Crippen LogP contribution in [0.25, 0.3) is 11.6 Å². The molecule has 5 heterocycles. The van der Waals surface area contributed by atoms with Gasteiger partial charge in [0, 0.05) is 18.8 Å². The van der Waals surface area contributed by atoms with Gasteiger partial charge >= 0.3 is 0 Å². The van der Waals surface area contributed by atoms with Crippen molar-refractivity contribution in [2.75, 3.05) is 13.1 Å². The van der Waals surface area contributed by atoms with Crippen molar-refractivity contribution in [3.05, 3.63) is 58.0 Å². The molecule has 9 nitrogen and oxygen atoms in total. The molecular weight excluding hydrogens is 362 g/mol. The topological polar surface area (TPSA) is 106 Å². The Labute approximate surface area is 159 Å². The Morgan fingerprint density at radius 1 is 1.21 bits per heavy atom. The molecule has 2 aliphatic heterocycles. The van der Waals surface area contributed by atoms with E-state index in [0.717, 1.165) is 18.0 Å². The molecule has 3 aromatic rings. The Hall–Kier alpha value is -3.20. The molecule has 0 saturated carbocycles. The Morgan fingerprint density at radius 3 is 2.86 bits per heavy atom. The third kappa shape index (κ3) is 2.75. The molecule has 0 aliphatic carbocycles. The molecule has 0 radical (unpaired) electrons. The summed E-state index contributed by atoms with van der Waals surface area (Å²) < 4.78 is 13.9. The van der Waals surface area contributed by atoms with Crippen LogP contribution in [0.5, 0.6) is 0 Å². The van der Waals surface area contributed by atoms with Gasteiger partial charge in [-0.25, -0.2) is 0 Å². The van der Waals surface area contributed by atoms with Crippen molar-refractivity contribution in [2.45, 2.75) is 32.1 Å². The second-order valence-electron chi connectivity index (χ2n) is 7.33. The van der Waals surface area contributed by atoms with Crippen molar-refractivity contribution >= 4 is 5.91 Å². The summed E-state index contributed by atoms with van der Waals surface area (Å²) in [6.07, 6.45) is 2.17. The number of aromatic nitrogens is 4. The van der Waals surface area contributed by atoms with Crippen LogP contribution < -0.4 is 5.56 Å². The molecule has 2 aliphatic rings. The largest absolute Gasteiger partial charge is 0.458 e. The van der Waals surface area contributed by atoms with E-state index in [1.165, 1.54) is 12.3 Å². The number of ether oxygens (including phenoxy) is 1. The van der Waals surface area contributed by atoms with Gasteiger partial charge in [0.15, 0.2) is 17.4 Å². The first kappa shape index (κ1) is 16.9. The lowest BCUT2D eigenvalue weighted by Crippen LogP contribution is -2.45. The molecule has 1 atom stereocenters. The number of rotatable bonds is 2. The van der Waals surface area contributed by atoms with Crippen LogP contribution in [0, 0.1) is 6.92 Å². The number of furan rings is 1. The number of hydrogen-bond acceptors (Lipinski definition) is 6. The number of hydrogen-bond donors (Lipinski definition) is 1. The third-order valence-electron chi connectivity index (χ3n) is 5.38. The number of fused-ring (bicyclic) bond motifs is 1. The van der Waals surface area contributed by atoms with E-state index in [9.17, 15) is 9.59 Å². The van der Waals surface area contributed by atoms with Crippen molar-refractivity contribution in [1.29, 1.82) is 0 Å². The summed E-state index contributed by atoms with van der Waals surface area (Å²) in [6, 6.07) is 6.68. The van der Waals surface area contributed by atoms with Gasteiger partial charge in [0.1, 0.15) is 18.0 Å². The highest BCUT2D eigenvalue weighted by molar-refractivity contribution is 5.94. The lowest BCUT2D eigenvalue weighted by atomic mass is 10.0. The van der Waals surface area contributed by atoms with E-state index in [2.05, 4.69) is 15.2 Å². The predicted molar refractivity (Wildman–Crippen MR) is 97.6 cm³/mol. The number of aromatic amines is 1. The zero-order valence-corrected chi connectivity index (χ0v) is 15.3. The van der Waals surface area contributed by atoms with Crippen molar-refractivity contribution < 1.29 is 13.9 Å². The van der Waals surface area contributed by atoms with Crippen LogP contribution in [-0.4, -0.2) is 49.2 Å². The fourth-order valence-corrected chi connectivity index (χ4v) is 3.89. The highest BCUT2D eigenvalue weighted by atomic mass is 16.5. The second kappa shape index (κ2) is 6.16. The van der Waals surface area contributed by atoms with Crippen LogP contribution in [-0.2, 0) is 17.9 Å². The Bertz CT molecular complexity index is 1090. The maximum atomic E-state index is 12.8. The molecule has 144 valence electrons. The molecular formula is C19H19N5O4. The highest BCUT2D eigenvalue weighted by Crippen LogP contribution is 2.35. The molecule has 1 saturated heterocycles. The minimum atomic E-state index is -0.483. The van der Waals surface area contributed by atoms with Crippen molar-refractivity contribution in [1.82, 2.24) is 24.6 Å². The number of carbonyl (C=O) groups is 1. The number of nitrogens with one attached hydrogen (secondary N) is 1. The SMILES string of the molecule is Cc1ccc(-c2nnc3n2CC2(CCN(C(=O)c4ccc(=O)[nH]c4)C2)OC3)o1. The molecule has 1 unspecified atom stereocenters. The zero-order chi connectivity index (χ0) is 19.3. The van der Waals surface area contributed by atoms with E-state index >= 15 is 0 Å². The summed E-state index contributed by atoms with van der Waals surface area (Å²) >= 11 is 0. The van der Waals surface area contributed by atoms with E-state index < -0.39 is 5.60 Å². The maximum Gasteiger partial charge on any atom is 0.255 e. The number of H-pyrrole nitrogens is 1. The van der Waals surface area contributed by atoms with Gasteiger partial charge in [0.05, 0.1) is 18.7 Å². The van der Waals surface area contributed by atoms with Crippen molar-refractivity contribution in [3.63, 3.8) is 0 Å². The molecule has 28 heavy (non-hydrogen) atoms. The first-order valence-electron chi connectivity index (χ1n) is 9.14. The number of amides is 1. The monoisotopic (exact) mass is 381 g/mol. The molecule has 3 aromatic heterocycles. The summed E-state index contributed by atoms with van der Waals surface area (Å²) in [7, 11) is 0. The first-order valence-corrected chi connectivity index (χ1v) is 9.14. The van der Waals surface area contributed by atoms with E-state index in [4.69, 9.17) is 9.15 Å². The standard InChI is InChI=1S/C19H19N5O4/c1-12-2-4-14(28-12)17-22-21-15-9-27-19(11-24(15)17)6-7-23(10-19)18(26)13-3-5-16(25)20-8-13/h2-5,8H,6-7,9-11H2,1H3,(H,20,25). The molecule has 1 amide bonds. The van der Waals surface area contributed by atoms with E-state index in [-0.39, 0.29) is 11.5 Å². The highest BCUT2D eigenvalue weighted by Gasteiger charge is 2.45. The summed E-state index contributed by atoms with van der Waals surface area (Å²) in [5.74, 6) is 2.80. The zero-order valence-electron chi connectivity index (χ0n) is 15.3. The molecule has 0 aromatic carbocycles. The molecule has 1 fully saturated rings. The van der Waals surface area contributed by atoms with Gasteiger partial charge < -0.3 is 23.6 Å². The molecule has 1 spiro atoms. The summed E-state index contributed by atoms with van der Waals surface area (Å²) in [6.45, 7) is 3.84. The van der Waals surface area contributed by atoms with Crippen molar-refractivity contribution in [3.8, 4) is 11.6 Å². The van der Waals surface area contributed by atoms with Crippen LogP contribution in [0.15, 0.2) is 39.7 Å². The molecule has 9 heteroatoms. The number of nitrogens with zero attached hydrogens (tertiary/aromatic N) is 4. The third-order valence-corrected chi connectivity index (χ3v) is 5.38. The van der Waals surface area contributed by atoms with E-state index in [0.29, 0.717) is 43.4 Å². The second-order valence-corrected chi connectivity index (χ2v) is 7.33. The molecule has 5 rings (SSSR count). The minimum Gasteiger partial charge on any atom is -0.458 e. The lowest BCUT2D eigenvalue weighted by molar-refractivity contribution is -0.0805. The Kier molecular flexibility index (Phi) is 3.73. The predicted octanol–water partition coefficient (Wildman–Crippen LogP) is 1.35. The number of carbonyl (C=O) groups excluding carboxylic acids is 1. The normalized spacial score (nSPS) is 21.2. The smallest absolute Gasteiger partial charge is 0.255 e. The number of likely N-dealkylation sites (tertiary alicyclic amines) is 1. The van der Waals surface area contributed by atoms with Gasteiger partial charge in [0.2, 0.25) is 5.56 Å². The van der Waals surface area contributed by atoms with Gasteiger partial charge in [-0.05, 0) is 31.5 Å². The van der Waals surface area contributed by atoms with E-state index in [1.54, 1.807) is 11.0 Å². The van der Waals surface area contributed by atoms with Gasteiger partial charge in [0.25, 0.3) is 5.91 Å². The van der Waals surface area contributed by atoms with E-state index in [1.807, 2.05) is 23.6 Å². The molecule has 0 bridgehead atoms. The molecule has 1 N–H and O–H groups in total. The summed E-state index contributed by atoms with van der Waals surface area (Å²) in [5.41, 5.74) is -0.251. The summed E-state index contributed by atoms with van der Waals surface area (Å²) in [5, 5.41) is 8.49. The van der Waals surface area contributed by atoms with Gasteiger partial charge in [-0.15, -0.1) is 10.2 Å². The minimum absolute atomic E-state index is 0.117. The van der Waals surface area contributed by atoms with Crippen LogP contribution >= 0.6 is 0 Å². The average Bonchev–Trinajstić information content (AvgIpc) is 3.41. The van der Waals surface area contributed by atoms with Gasteiger partial charge in [-0.3, -0.25) is 9.59 Å². The Balaban J connectivity index is 1.39. The maximum absolute atomic E-state index is 12.8. The lowest BCUT2D eigenvalue weighted by Gasteiger charge is -2.34. The van der Waals surface area contributed by atoms with Crippen molar-refractivity contribution in [2.24, 2.45) is 0 Å². The van der Waals surface area contributed by atoms with Crippen LogP contribution in [0.3, 0.4) is 0 Å². The van der Waals surface area contributed by atoms with Crippen LogP contribution in [0.2, 0.25) is 0 Å². The van der Waals surface area contributed by atoms with Crippen LogP contribution in [0.4, 0.5) is 0 Å². The number of pyridine rings is 1. The Morgan fingerprint density at radius 2 is 2.11 bits per heavy atom. The van der Waals surface area contributed by atoms with Gasteiger partial charge in [-0.1, -0.05) is 0 Å².